The first kappa shape index (κ1) is 17.0. The summed E-state index contributed by atoms with van der Waals surface area (Å²) in [6.07, 6.45) is 0. The van der Waals surface area contributed by atoms with Crippen LogP contribution in [0.1, 0.15) is 26.3 Å². The van der Waals surface area contributed by atoms with E-state index in [0.717, 1.165) is 13.0 Å². The first-order valence-electron chi connectivity index (χ1n) is 6.54. The van der Waals surface area contributed by atoms with E-state index < -0.39 is 34.8 Å². The highest BCUT2D eigenvalue weighted by Crippen LogP contribution is 2.39. The Bertz CT molecular complexity index is 745. The normalized spacial score (nSPS) is 20.3. The molecule has 23 heavy (non-hydrogen) atoms. The Balaban J connectivity index is 2.46. The van der Waals surface area contributed by atoms with E-state index in [2.05, 4.69) is 5.32 Å². The van der Waals surface area contributed by atoms with E-state index in [9.17, 15) is 18.8 Å². The number of ether oxygens (including phenoxy) is 2. The van der Waals surface area contributed by atoms with Gasteiger partial charge < -0.3 is 9.47 Å². The zero-order valence-electron chi connectivity index (χ0n) is 12.5. The molecule has 0 spiro atoms. The summed E-state index contributed by atoms with van der Waals surface area (Å²) in [5.41, 5.74) is -1.36. The van der Waals surface area contributed by atoms with Crippen LogP contribution in [0.15, 0.2) is 29.8 Å². The Morgan fingerprint density at radius 2 is 2.00 bits per heavy atom. The molecule has 122 valence electrons. The van der Waals surface area contributed by atoms with Crippen molar-refractivity contribution in [2.24, 2.45) is 0 Å². The monoisotopic (exact) mass is 341 g/mol. The average Bonchev–Trinajstić information content (AvgIpc) is 2.66. The zero-order valence-corrected chi connectivity index (χ0v) is 13.3. The Morgan fingerprint density at radius 3 is 2.52 bits per heavy atom. The summed E-state index contributed by atoms with van der Waals surface area (Å²) in [4.78, 5) is 35.0. The van der Waals surface area contributed by atoms with Crippen LogP contribution >= 0.6 is 11.6 Å². The average molecular weight is 342 g/mol. The number of hydrogen-bond donors (Lipinski definition) is 1. The maximum atomic E-state index is 13.3. The van der Waals surface area contributed by atoms with Gasteiger partial charge in [-0.15, -0.1) is 0 Å². The molecule has 1 heterocycles. The third-order valence-electron chi connectivity index (χ3n) is 3.16. The van der Waals surface area contributed by atoms with Crippen LogP contribution in [-0.4, -0.2) is 17.7 Å². The van der Waals surface area contributed by atoms with Crippen molar-refractivity contribution >= 4 is 29.3 Å². The summed E-state index contributed by atoms with van der Waals surface area (Å²) < 4.78 is 23.7. The van der Waals surface area contributed by atoms with Crippen LogP contribution in [-0.2, 0) is 29.5 Å². The van der Waals surface area contributed by atoms with Crippen LogP contribution in [0.5, 0.6) is 0 Å². The van der Waals surface area contributed by atoms with Gasteiger partial charge in [0.25, 0.3) is 5.78 Å². The first-order valence-corrected chi connectivity index (χ1v) is 6.92. The molecule has 0 radical (unpaired) electrons. The van der Waals surface area contributed by atoms with Gasteiger partial charge >= 0.3 is 5.97 Å². The molecule has 1 unspecified atom stereocenters. The number of esters is 1. The van der Waals surface area contributed by atoms with Crippen molar-refractivity contribution in [3.63, 3.8) is 0 Å². The number of benzene rings is 1. The molecule has 0 bridgehead atoms. The smallest absolute Gasteiger partial charge is 0.308 e. The minimum absolute atomic E-state index is 0.192. The fourth-order valence-electron chi connectivity index (χ4n) is 2.08. The Hall–Kier alpha value is -2.41. The van der Waals surface area contributed by atoms with Crippen molar-refractivity contribution in [1.82, 2.24) is 5.32 Å². The highest BCUT2D eigenvalue weighted by molar-refractivity contribution is 6.30. The second-order valence-electron chi connectivity index (χ2n) is 5.03. The molecule has 1 aromatic rings. The second-order valence-corrected chi connectivity index (χ2v) is 5.43. The van der Waals surface area contributed by atoms with E-state index in [1.54, 1.807) is 0 Å². The summed E-state index contributed by atoms with van der Waals surface area (Å²) in [5.74, 6) is -3.31. The lowest BCUT2D eigenvalue weighted by Gasteiger charge is -2.23. The lowest BCUT2D eigenvalue weighted by atomic mass is 9.91. The number of Topliss-reactive ketones (excluding diaryl/α,β-unsaturated/α-hetero) is 1. The van der Waals surface area contributed by atoms with Crippen LogP contribution < -0.4 is 5.32 Å². The predicted molar refractivity (Wildman–Crippen MR) is 77.5 cm³/mol. The quantitative estimate of drug-likeness (QED) is 0.852. The molecule has 0 saturated heterocycles. The molecule has 1 N–H and O–H groups in total. The van der Waals surface area contributed by atoms with Gasteiger partial charge in [-0.05, 0) is 19.1 Å². The SMILES string of the molecule is CC(=O)NC1=C(OC(C)=O)C(=O)C(C)(c2ccc(F)c(Cl)c2)O1. The van der Waals surface area contributed by atoms with Gasteiger partial charge in [-0.2, -0.15) is 0 Å². The molecule has 0 aromatic heterocycles. The fraction of sp³-hybridized carbons (Fsp3) is 0.267. The molecule has 2 rings (SSSR count). The van der Waals surface area contributed by atoms with Crippen molar-refractivity contribution in [1.29, 1.82) is 0 Å². The molecule has 1 aliphatic rings. The van der Waals surface area contributed by atoms with E-state index in [0.29, 0.717) is 0 Å². The molecule has 0 aliphatic carbocycles. The third kappa shape index (κ3) is 3.19. The lowest BCUT2D eigenvalue weighted by Crippen LogP contribution is -2.32. The maximum Gasteiger partial charge on any atom is 0.308 e. The van der Waals surface area contributed by atoms with Gasteiger partial charge in [-0.1, -0.05) is 17.7 Å². The van der Waals surface area contributed by atoms with Crippen LogP contribution in [0.4, 0.5) is 4.39 Å². The summed E-state index contributed by atoms with van der Waals surface area (Å²) in [5, 5.41) is 2.10. The van der Waals surface area contributed by atoms with Crippen LogP contribution in [0, 0.1) is 5.82 Å². The van der Waals surface area contributed by atoms with Crippen molar-refractivity contribution in [3.8, 4) is 0 Å². The highest BCUT2D eigenvalue weighted by atomic mass is 35.5. The first-order chi connectivity index (χ1) is 10.6. The van der Waals surface area contributed by atoms with Gasteiger partial charge in [0.05, 0.1) is 5.02 Å². The van der Waals surface area contributed by atoms with Gasteiger partial charge in [0, 0.05) is 19.4 Å². The topological polar surface area (TPSA) is 81.7 Å². The van der Waals surface area contributed by atoms with Gasteiger partial charge in [0.15, 0.2) is 5.60 Å². The molecular weight excluding hydrogens is 329 g/mol. The van der Waals surface area contributed by atoms with Crippen molar-refractivity contribution < 1.29 is 28.2 Å². The Morgan fingerprint density at radius 1 is 1.35 bits per heavy atom. The predicted octanol–water partition coefficient (Wildman–Crippen LogP) is 2.16. The largest absolute Gasteiger partial charge is 0.456 e. The second kappa shape index (κ2) is 6.00. The molecular formula is C15H13ClFNO5. The standard InChI is InChI=1S/C15H13ClFNO5/c1-7(19)18-14-12(22-8(2)20)13(21)15(3,23-14)9-4-5-11(17)10(16)6-9/h4-6H,1-3H3,(H,18,19). The fourth-order valence-corrected chi connectivity index (χ4v) is 2.26. The minimum atomic E-state index is -1.61. The Labute approximate surface area is 136 Å². The number of carbonyl (C=O) groups is 3. The van der Waals surface area contributed by atoms with E-state index in [-0.39, 0.29) is 16.5 Å². The molecule has 1 amide bonds. The number of carbonyl (C=O) groups excluding carboxylic acids is 3. The number of rotatable bonds is 3. The zero-order chi connectivity index (χ0) is 17.4. The summed E-state index contributed by atoms with van der Waals surface area (Å²) in [7, 11) is 0. The van der Waals surface area contributed by atoms with Crippen molar-refractivity contribution in [2.45, 2.75) is 26.4 Å². The summed E-state index contributed by atoms with van der Waals surface area (Å²) in [6.45, 7) is 3.71. The van der Waals surface area contributed by atoms with Crippen LogP contribution in [0.2, 0.25) is 5.02 Å². The lowest BCUT2D eigenvalue weighted by molar-refractivity contribution is -0.142. The van der Waals surface area contributed by atoms with Crippen molar-refractivity contribution in [2.75, 3.05) is 0 Å². The minimum Gasteiger partial charge on any atom is -0.456 e. The molecule has 0 saturated carbocycles. The van der Waals surface area contributed by atoms with Crippen LogP contribution in [0.3, 0.4) is 0 Å². The molecule has 1 atom stereocenters. The molecule has 6 nitrogen and oxygen atoms in total. The Kier molecular flexibility index (Phi) is 4.42. The third-order valence-corrected chi connectivity index (χ3v) is 3.45. The van der Waals surface area contributed by atoms with Gasteiger partial charge in [-0.3, -0.25) is 19.7 Å². The van der Waals surface area contributed by atoms with Crippen molar-refractivity contribution in [3.05, 3.63) is 46.2 Å². The molecule has 8 heteroatoms. The maximum absolute atomic E-state index is 13.3. The number of hydrogen-bond acceptors (Lipinski definition) is 5. The molecule has 0 fully saturated rings. The van der Waals surface area contributed by atoms with Gasteiger partial charge in [-0.25, -0.2) is 4.39 Å². The number of amides is 1. The summed E-state index contributed by atoms with van der Waals surface area (Å²) in [6, 6.07) is 3.64. The van der Waals surface area contributed by atoms with E-state index in [4.69, 9.17) is 21.1 Å². The van der Waals surface area contributed by atoms with E-state index >= 15 is 0 Å². The number of nitrogens with one attached hydrogen (secondary N) is 1. The molecule has 1 aromatic carbocycles. The van der Waals surface area contributed by atoms with E-state index in [1.807, 2.05) is 0 Å². The van der Waals surface area contributed by atoms with Gasteiger partial charge in [0.2, 0.25) is 17.5 Å². The summed E-state index contributed by atoms with van der Waals surface area (Å²) >= 11 is 5.73. The van der Waals surface area contributed by atoms with Crippen LogP contribution in [0.25, 0.3) is 0 Å². The van der Waals surface area contributed by atoms with E-state index in [1.165, 1.54) is 26.0 Å². The number of ketones is 1. The highest BCUT2D eigenvalue weighted by Gasteiger charge is 2.49. The number of halogens is 2. The molecule has 1 aliphatic heterocycles. The van der Waals surface area contributed by atoms with Gasteiger partial charge in [0.1, 0.15) is 5.82 Å².